The van der Waals surface area contributed by atoms with Gasteiger partial charge in [0.2, 0.25) is 0 Å². The highest BCUT2D eigenvalue weighted by Crippen LogP contribution is 2.13. The van der Waals surface area contributed by atoms with Gasteiger partial charge >= 0.3 is 0 Å². The van der Waals surface area contributed by atoms with Gasteiger partial charge in [0.15, 0.2) is 0 Å². The van der Waals surface area contributed by atoms with Crippen LogP contribution in [0, 0.1) is 0 Å². The van der Waals surface area contributed by atoms with E-state index in [0.29, 0.717) is 31.3 Å². The fourth-order valence-corrected chi connectivity index (χ4v) is 1.86. The number of aliphatic hydroxyl groups is 1. The molecule has 1 aromatic rings. The SMILES string of the molecule is CC(C)NCC(O)COc1ccc(CCCNC(=O)[O-])cc1. The minimum Gasteiger partial charge on any atom is -0.530 e. The van der Waals surface area contributed by atoms with E-state index in [1.807, 2.05) is 38.1 Å². The number of carbonyl (C=O) groups excluding carboxylic acids is 1. The summed E-state index contributed by atoms with van der Waals surface area (Å²) in [6.45, 7) is 5.18. The molecule has 1 atom stereocenters. The lowest BCUT2D eigenvalue weighted by atomic mass is 10.1. The predicted octanol–water partition coefficient (Wildman–Crippen LogP) is 0.290. The third-order valence-corrected chi connectivity index (χ3v) is 3.04. The van der Waals surface area contributed by atoms with Gasteiger partial charge in [-0.2, -0.15) is 0 Å². The Morgan fingerprint density at radius 3 is 2.59 bits per heavy atom. The zero-order chi connectivity index (χ0) is 16.4. The van der Waals surface area contributed by atoms with Crippen molar-refractivity contribution in [1.82, 2.24) is 10.6 Å². The molecule has 0 saturated heterocycles. The van der Waals surface area contributed by atoms with E-state index in [2.05, 4.69) is 10.6 Å². The van der Waals surface area contributed by atoms with Crippen molar-refractivity contribution in [2.24, 2.45) is 0 Å². The number of hydrogen-bond donors (Lipinski definition) is 3. The smallest absolute Gasteiger partial charge is 0.134 e. The van der Waals surface area contributed by atoms with Crippen LogP contribution in [-0.4, -0.2) is 43.0 Å². The molecule has 0 spiro atoms. The van der Waals surface area contributed by atoms with Gasteiger partial charge in [-0.3, -0.25) is 0 Å². The highest BCUT2D eigenvalue weighted by atomic mass is 16.5. The van der Waals surface area contributed by atoms with E-state index in [-0.39, 0.29) is 6.61 Å². The molecular formula is C16H25N2O4-. The van der Waals surface area contributed by atoms with Crippen LogP contribution >= 0.6 is 0 Å². The minimum atomic E-state index is -1.24. The van der Waals surface area contributed by atoms with Crippen LogP contribution in [0.25, 0.3) is 0 Å². The van der Waals surface area contributed by atoms with Gasteiger partial charge < -0.3 is 30.4 Å². The monoisotopic (exact) mass is 309 g/mol. The molecule has 6 heteroatoms. The molecule has 6 nitrogen and oxygen atoms in total. The summed E-state index contributed by atoms with van der Waals surface area (Å²) in [7, 11) is 0. The Balaban J connectivity index is 2.25. The average Bonchev–Trinajstić information content (AvgIpc) is 2.48. The maximum absolute atomic E-state index is 10.2. The summed E-state index contributed by atoms with van der Waals surface area (Å²) in [5.74, 6) is 0.709. The summed E-state index contributed by atoms with van der Waals surface area (Å²) < 4.78 is 5.52. The molecule has 0 aromatic heterocycles. The molecule has 22 heavy (non-hydrogen) atoms. The summed E-state index contributed by atoms with van der Waals surface area (Å²) in [5, 5.41) is 25.3. The first-order chi connectivity index (χ1) is 10.5. The molecule has 0 aliphatic heterocycles. The van der Waals surface area contributed by atoms with Crippen molar-refractivity contribution >= 4 is 6.09 Å². The summed E-state index contributed by atoms with van der Waals surface area (Å²) in [5.41, 5.74) is 1.11. The van der Waals surface area contributed by atoms with E-state index in [0.717, 1.165) is 12.0 Å². The van der Waals surface area contributed by atoms with Gasteiger partial charge in [-0.25, -0.2) is 0 Å². The van der Waals surface area contributed by atoms with Crippen molar-refractivity contribution in [2.45, 2.75) is 38.8 Å². The van der Waals surface area contributed by atoms with Crippen molar-refractivity contribution < 1.29 is 19.7 Å². The minimum absolute atomic E-state index is 0.245. The number of aliphatic hydroxyl groups excluding tert-OH is 1. The largest absolute Gasteiger partial charge is 0.530 e. The van der Waals surface area contributed by atoms with Crippen LogP contribution in [0.4, 0.5) is 4.79 Å². The second-order valence-corrected chi connectivity index (χ2v) is 5.49. The lowest BCUT2D eigenvalue weighted by molar-refractivity contribution is -0.250. The van der Waals surface area contributed by atoms with E-state index < -0.39 is 12.2 Å². The number of ether oxygens (including phenoxy) is 1. The molecule has 1 amide bonds. The molecule has 1 rings (SSSR count). The Morgan fingerprint density at radius 1 is 1.32 bits per heavy atom. The van der Waals surface area contributed by atoms with Gasteiger partial charge in [0.25, 0.3) is 0 Å². The van der Waals surface area contributed by atoms with Crippen LogP contribution in [0.2, 0.25) is 0 Å². The number of amides is 1. The van der Waals surface area contributed by atoms with Crippen molar-refractivity contribution in [3.05, 3.63) is 29.8 Å². The average molecular weight is 309 g/mol. The molecule has 0 aliphatic rings. The van der Waals surface area contributed by atoms with Crippen LogP contribution in [0.1, 0.15) is 25.8 Å². The Kier molecular flexibility index (Phi) is 8.32. The fourth-order valence-electron chi connectivity index (χ4n) is 1.86. The summed E-state index contributed by atoms with van der Waals surface area (Å²) in [6.07, 6.45) is -0.290. The maximum Gasteiger partial charge on any atom is 0.134 e. The van der Waals surface area contributed by atoms with Crippen molar-refractivity contribution in [3.8, 4) is 5.75 Å². The number of benzene rings is 1. The molecule has 3 N–H and O–H groups in total. The molecule has 1 aromatic carbocycles. The van der Waals surface area contributed by atoms with Gasteiger partial charge in [-0.05, 0) is 30.5 Å². The molecule has 0 heterocycles. The molecule has 1 unspecified atom stereocenters. The standard InChI is InChI=1S/C16H26N2O4/c1-12(2)18-10-14(19)11-22-15-7-5-13(6-8-15)4-3-9-17-16(20)21/h5-8,12,14,17-19H,3-4,9-11H2,1-2H3,(H,20,21)/p-1. The highest BCUT2D eigenvalue weighted by Gasteiger charge is 2.06. The topological polar surface area (TPSA) is 93.7 Å². The molecule has 0 bridgehead atoms. The summed E-state index contributed by atoms with van der Waals surface area (Å²) >= 11 is 0. The first-order valence-corrected chi connectivity index (χ1v) is 7.55. The van der Waals surface area contributed by atoms with Crippen LogP contribution in [0.3, 0.4) is 0 Å². The van der Waals surface area contributed by atoms with Crippen molar-refractivity contribution in [3.63, 3.8) is 0 Å². The van der Waals surface area contributed by atoms with Gasteiger partial charge in [-0.1, -0.05) is 26.0 Å². The van der Waals surface area contributed by atoms with Crippen LogP contribution in [0.15, 0.2) is 24.3 Å². The number of rotatable bonds is 10. The van der Waals surface area contributed by atoms with E-state index in [4.69, 9.17) is 4.74 Å². The molecule has 0 fully saturated rings. The Morgan fingerprint density at radius 2 is 2.00 bits per heavy atom. The van der Waals surface area contributed by atoms with E-state index in [1.54, 1.807) is 0 Å². The fraction of sp³-hybridized carbons (Fsp3) is 0.562. The van der Waals surface area contributed by atoms with Crippen molar-refractivity contribution in [1.29, 1.82) is 0 Å². The summed E-state index contributed by atoms with van der Waals surface area (Å²) in [4.78, 5) is 10.2. The quantitative estimate of drug-likeness (QED) is 0.540. The van der Waals surface area contributed by atoms with E-state index in [1.165, 1.54) is 0 Å². The van der Waals surface area contributed by atoms with Crippen LogP contribution in [0.5, 0.6) is 5.75 Å². The van der Waals surface area contributed by atoms with E-state index in [9.17, 15) is 15.0 Å². The number of hydrogen-bond acceptors (Lipinski definition) is 5. The number of nitrogens with one attached hydrogen (secondary N) is 2. The molecule has 124 valence electrons. The second kappa shape index (κ2) is 10.0. The maximum atomic E-state index is 10.2. The Bertz CT molecular complexity index is 434. The number of carboxylic acid groups (broad SMARTS) is 1. The van der Waals surface area contributed by atoms with Gasteiger partial charge in [-0.15, -0.1) is 0 Å². The molecular weight excluding hydrogens is 284 g/mol. The number of carbonyl (C=O) groups is 1. The first kappa shape index (κ1) is 18.3. The Labute approximate surface area is 131 Å². The normalized spacial score (nSPS) is 12.2. The van der Waals surface area contributed by atoms with Crippen LogP contribution in [-0.2, 0) is 6.42 Å². The first-order valence-electron chi connectivity index (χ1n) is 7.55. The predicted molar refractivity (Wildman–Crippen MR) is 82.8 cm³/mol. The van der Waals surface area contributed by atoms with Crippen molar-refractivity contribution in [2.75, 3.05) is 19.7 Å². The van der Waals surface area contributed by atoms with E-state index >= 15 is 0 Å². The Hall–Kier alpha value is -1.79. The molecule has 0 radical (unpaired) electrons. The number of aryl methyl sites for hydroxylation is 1. The van der Waals surface area contributed by atoms with Gasteiger partial charge in [0.1, 0.15) is 24.6 Å². The lowest BCUT2D eigenvalue weighted by Gasteiger charge is -2.15. The lowest BCUT2D eigenvalue weighted by Crippen LogP contribution is -2.37. The van der Waals surface area contributed by atoms with Gasteiger partial charge in [0.05, 0.1) is 0 Å². The highest BCUT2D eigenvalue weighted by molar-refractivity contribution is 5.61. The molecule has 0 saturated carbocycles. The second-order valence-electron chi connectivity index (χ2n) is 5.49. The third kappa shape index (κ3) is 8.49. The molecule has 0 aliphatic carbocycles. The zero-order valence-corrected chi connectivity index (χ0v) is 13.2. The zero-order valence-electron chi connectivity index (χ0n) is 13.2. The third-order valence-electron chi connectivity index (χ3n) is 3.04. The van der Waals surface area contributed by atoms with Crippen LogP contribution < -0.4 is 20.5 Å². The van der Waals surface area contributed by atoms with Gasteiger partial charge in [0, 0.05) is 19.1 Å². The summed E-state index contributed by atoms with van der Waals surface area (Å²) in [6, 6.07) is 7.91.